The minimum absolute atomic E-state index is 0.0346. The molecule has 1 amide bonds. The first-order valence-corrected chi connectivity index (χ1v) is 13.1. The Bertz CT molecular complexity index is 1110. The second-order valence-corrected chi connectivity index (χ2v) is 10.2. The van der Waals surface area contributed by atoms with Crippen LogP contribution in [0.25, 0.3) is 0 Å². The van der Waals surface area contributed by atoms with E-state index in [1.54, 1.807) is 36.0 Å². The molecule has 5 nitrogen and oxygen atoms in total. The summed E-state index contributed by atoms with van der Waals surface area (Å²) in [4.78, 5) is 13.7. The molecule has 7 heteroatoms. The minimum Gasteiger partial charge on any atom is -0.350 e. The number of benzene rings is 3. The highest BCUT2D eigenvalue weighted by Crippen LogP contribution is 2.19. The first-order chi connectivity index (χ1) is 15.4. The van der Waals surface area contributed by atoms with E-state index < -0.39 is 10.0 Å². The minimum atomic E-state index is -3.59. The highest BCUT2D eigenvalue weighted by molar-refractivity contribution is 7.98. The molecule has 0 aliphatic carbocycles. The van der Waals surface area contributed by atoms with Crippen LogP contribution in [-0.2, 0) is 27.8 Å². The summed E-state index contributed by atoms with van der Waals surface area (Å²) in [6, 6.07) is 24.1. The van der Waals surface area contributed by atoms with Crippen LogP contribution in [0.5, 0.6) is 0 Å². The fourth-order valence-electron chi connectivity index (χ4n) is 3.24. The summed E-state index contributed by atoms with van der Waals surface area (Å²) in [5.41, 5.74) is 2.88. The summed E-state index contributed by atoms with van der Waals surface area (Å²) in [6.07, 6.45) is 2.91. The number of sulfonamides is 1. The van der Waals surface area contributed by atoms with Gasteiger partial charge in [0.25, 0.3) is 0 Å². The number of nitrogens with one attached hydrogen (secondary N) is 2. The van der Waals surface area contributed by atoms with Gasteiger partial charge >= 0.3 is 0 Å². The van der Waals surface area contributed by atoms with E-state index >= 15 is 0 Å². The lowest BCUT2D eigenvalue weighted by molar-refractivity contribution is -0.121. The van der Waals surface area contributed by atoms with Crippen LogP contribution in [0.4, 0.5) is 0 Å². The van der Waals surface area contributed by atoms with E-state index in [9.17, 15) is 13.2 Å². The molecule has 1 unspecified atom stereocenters. The molecule has 3 aromatic carbocycles. The van der Waals surface area contributed by atoms with Gasteiger partial charge in [-0.25, -0.2) is 13.1 Å². The zero-order valence-corrected chi connectivity index (χ0v) is 19.9. The standard InChI is InChI=1S/C25H28N2O3S2/c1-19(22-11-13-23(31-2)14-12-22)27-25(28)17-10-20-8-15-24(16-9-20)32(29,30)26-18-21-6-4-3-5-7-21/h3-9,11-16,19,26H,10,17-18H2,1-2H3,(H,27,28). The second-order valence-electron chi connectivity index (χ2n) is 7.52. The Balaban J connectivity index is 1.49. The Morgan fingerprint density at radius 2 is 1.56 bits per heavy atom. The zero-order valence-electron chi connectivity index (χ0n) is 18.2. The monoisotopic (exact) mass is 468 g/mol. The van der Waals surface area contributed by atoms with Crippen molar-refractivity contribution in [2.45, 2.75) is 42.1 Å². The van der Waals surface area contributed by atoms with Crippen molar-refractivity contribution in [2.75, 3.05) is 6.26 Å². The Labute approximate surface area is 194 Å². The van der Waals surface area contributed by atoms with Crippen LogP contribution in [0.3, 0.4) is 0 Å². The molecular weight excluding hydrogens is 440 g/mol. The predicted octanol–water partition coefficient (Wildman–Crippen LogP) is 4.70. The van der Waals surface area contributed by atoms with Crippen LogP contribution in [-0.4, -0.2) is 20.6 Å². The Hall–Kier alpha value is -2.61. The van der Waals surface area contributed by atoms with Crippen molar-refractivity contribution in [1.82, 2.24) is 10.0 Å². The molecule has 2 N–H and O–H groups in total. The Kier molecular flexibility index (Phi) is 8.50. The van der Waals surface area contributed by atoms with Gasteiger partial charge in [0, 0.05) is 17.9 Å². The molecule has 168 valence electrons. The number of amides is 1. The van der Waals surface area contributed by atoms with E-state index in [0.717, 1.165) is 16.7 Å². The first kappa shape index (κ1) is 24.0. The van der Waals surface area contributed by atoms with Crippen molar-refractivity contribution in [3.63, 3.8) is 0 Å². The second kappa shape index (κ2) is 11.3. The SMILES string of the molecule is CSc1ccc(C(C)NC(=O)CCc2ccc(S(=O)(=O)NCc3ccccc3)cc2)cc1. The molecule has 0 heterocycles. The number of carbonyl (C=O) groups is 1. The molecule has 1 atom stereocenters. The molecule has 0 radical (unpaired) electrons. The van der Waals surface area contributed by atoms with Gasteiger partial charge in [0.2, 0.25) is 15.9 Å². The van der Waals surface area contributed by atoms with Gasteiger partial charge < -0.3 is 5.32 Å². The van der Waals surface area contributed by atoms with Gasteiger partial charge in [-0.3, -0.25) is 4.79 Å². The molecule has 3 rings (SSSR count). The third-order valence-electron chi connectivity index (χ3n) is 5.18. The highest BCUT2D eigenvalue weighted by Gasteiger charge is 2.14. The third-order valence-corrected chi connectivity index (χ3v) is 7.34. The molecular formula is C25H28N2O3S2. The normalized spacial score (nSPS) is 12.3. The van der Waals surface area contributed by atoms with E-state index in [2.05, 4.69) is 10.0 Å². The van der Waals surface area contributed by atoms with Crippen LogP contribution in [0.15, 0.2) is 88.7 Å². The summed E-state index contributed by atoms with van der Waals surface area (Å²) in [6.45, 7) is 2.21. The predicted molar refractivity (Wildman–Crippen MR) is 130 cm³/mol. The van der Waals surface area contributed by atoms with Crippen molar-refractivity contribution < 1.29 is 13.2 Å². The fraction of sp³-hybridized carbons (Fsp3) is 0.240. The number of carbonyl (C=O) groups excluding carboxylic acids is 1. The summed E-state index contributed by atoms with van der Waals surface area (Å²) < 4.78 is 27.6. The molecule has 0 saturated heterocycles. The van der Waals surface area contributed by atoms with Crippen LogP contribution < -0.4 is 10.0 Å². The van der Waals surface area contributed by atoms with Gasteiger partial charge in [0.05, 0.1) is 10.9 Å². The van der Waals surface area contributed by atoms with E-state index in [4.69, 9.17) is 0 Å². The van der Waals surface area contributed by atoms with Crippen LogP contribution in [0, 0.1) is 0 Å². The largest absolute Gasteiger partial charge is 0.350 e. The molecule has 32 heavy (non-hydrogen) atoms. The molecule has 0 aromatic heterocycles. The summed E-state index contributed by atoms with van der Waals surface area (Å²) in [5.74, 6) is -0.0346. The van der Waals surface area contributed by atoms with Gasteiger partial charge in [-0.15, -0.1) is 11.8 Å². The van der Waals surface area contributed by atoms with Crippen LogP contribution >= 0.6 is 11.8 Å². The Morgan fingerprint density at radius 1 is 0.906 bits per heavy atom. The topological polar surface area (TPSA) is 75.3 Å². The number of hydrogen-bond donors (Lipinski definition) is 2. The van der Waals surface area contributed by atoms with Gasteiger partial charge in [-0.1, -0.05) is 54.6 Å². The highest BCUT2D eigenvalue weighted by atomic mass is 32.2. The summed E-state index contributed by atoms with van der Waals surface area (Å²) in [7, 11) is -3.59. The maximum atomic E-state index is 12.5. The van der Waals surface area contributed by atoms with Gasteiger partial charge in [-0.2, -0.15) is 0 Å². The number of hydrogen-bond acceptors (Lipinski definition) is 4. The van der Waals surface area contributed by atoms with Crippen molar-refractivity contribution in [1.29, 1.82) is 0 Å². The lowest BCUT2D eigenvalue weighted by Gasteiger charge is -2.15. The van der Waals surface area contributed by atoms with E-state index in [1.165, 1.54) is 4.90 Å². The lowest BCUT2D eigenvalue weighted by Crippen LogP contribution is -2.26. The van der Waals surface area contributed by atoms with Crippen molar-refractivity contribution in [3.8, 4) is 0 Å². The zero-order chi connectivity index (χ0) is 23.0. The maximum Gasteiger partial charge on any atom is 0.240 e. The quantitative estimate of drug-likeness (QED) is 0.423. The van der Waals surface area contributed by atoms with Crippen molar-refractivity contribution >= 4 is 27.7 Å². The molecule has 0 saturated carbocycles. The Morgan fingerprint density at radius 3 is 2.19 bits per heavy atom. The summed E-state index contributed by atoms with van der Waals surface area (Å²) in [5, 5.41) is 3.02. The number of aryl methyl sites for hydroxylation is 1. The van der Waals surface area contributed by atoms with Gasteiger partial charge in [-0.05, 0) is 60.6 Å². The first-order valence-electron chi connectivity index (χ1n) is 10.4. The summed E-state index contributed by atoms with van der Waals surface area (Å²) >= 11 is 1.68. The van der Waals surface area contributed by atoms with Gasteiger partial charge in [0.1, 0.15) is 0 Å². The molecule has 0 fully saturated rings. The molecule has 0 bridgehead atoms. The average molecular weight is 469 g/mol. The van der Waals surface area contributed by atoms with E-state index in [0.29, 0.717) is 12.8 Å². The number of thioether (sulfide) groups is 1. The number of rotatable bonds is 10. The fourth-order valence-corrected chi connectivity index (χ4v) is 4.67. The van der Waals surface area contributed by atoms with E-state index in [1.807, 2.05) is 67.8 Å². The smallest absolute Gasteiger partial charge is 0.240 e. The van der Waals surface area contributed by atoms with Crippen molar-refractivity contribution in [3.05, 3.63) is 95.6 Å². The molecule has 3 aromatic rings. The molecule has 0 aliphatic heterocycles. The van der Waals surface area contributed by atoms with Gasteiger partial charge in [0.15, 0.2) is 0 Å². The molecule has 0 spiro atoms. The molecule has 0 aliphatic rings. The van der Waals surface area contributed by atoms with E-state index in [-0.39, 0.29) is 23.4 Å². The van der Waals surface area contributed by atoms with Crippen LogP contribution in [0.2, 0.25) is 0 Å². The van der Waals surface area contributed by atoms with Crippen molar-refractivity contribution in [2.24, 2.45) is 0 Å². The lowest BCUT2D eigenvalue weighted by atomic mass is 10.1. The third kappa shape index (κ3) is 6.95. The maximum absolute atomic E-state index is 12.5. The average Bonchev–Trinajstić information content (AvgIpc) is 2.82. The van der Waals surface area contributed by atoms with Crippen LogP contribution in [0.1, 0.15) is 36.1 Å².